The van der Waals surface area contributed by atoms with Crippen molar-refractivity contribution in [3.63, 3.8) is 0 Å². The first-order valence-corrected chi connectivity index (χ1v) is 18.7. The molecule has 2 atom stereocenters. The van der Waals surface area contributed by atoms with Gasteiger partial charge in [0.25, 0.3) is 7.82 Å². The number of quaternary nitrogens is 1. The molecule has 1 unspecified atom stereocenters. The molecular weight excluding hydrogens is 577 g/mol. The summed E-state index contributed by atoms with van der Waals surface area (Å²) >= 11 is 0. The molecule has 9 heteroatoms. The number of carbonyl (C=O) groups is 1. The number of hydrogen-bond acceptors (Lipinski definition) is 7. The highest BCUT2D eigenvalue weighted by Crippen LogP contribution is 2.38. The van der Waals surface area contributed by atoms with E-state index < -0.39 is 33.1 Å². The predicted octanol–water partition coefficient (Wildman–Crippen LogP) is 7.32. The van der Waals surface area contributed by atoms with Gasteiger partial charge in [0.2, 0.25) is 0 Å². The molecule has 0 spiro atoms. The Balaban J connectivity index is 3.67. The fraction of sp³-hybridized carbons (Fsp3) is 0.857. The molecule has 0 aromatic heterocycles. The van der Waals surface area contributed by atoms with Crippen LogP contribution in [0.15, 0.2) is 0 Å². The van der Waals surface area contributed by atoms with Gasteiger partial charge < -0.3 is 28.3 Å². The minimum Gasteiger partial charge on any atom is -0.756 e. The van der Waals surface area contributed by atoms with E-state index in [1.165, 1.54) is 83.5 Å². The molecule has 0 rings (SSSR count). The number of likely N-dealkylation sites (N-methyl/N-ethyl adjacent to an activating group) is 1. The van der Waals surface area contributed by atoms with Crippen molar-refractivity contribution in [2.24, 2.45) is 0 Å². The zero-order valence-electron chi connectivity index (χ0n) is 28.5. The van der Waals surface area contributed by atoms with Gasteiger partial charge in [-0.15, -0.1) is 0 Å². The Hall–Kier alpha value is -1.38. The zero-order valence-corrected chi connectivity index (χ0v) is 29.4. The minimum atomic E-state index is -4.53. The van der Waals surface area contributed by atoms with E-state index >= 15 is 0 Å². The molecule has 0 aromatic rings. The smallest absolute Gasteiger partial charge is 0.306 e. The molecule has 0 bridgehead atoms. The van der Waals surface area contributed by atoms with Crippen molar-refractivity contribution >= 4 is 13.8 Å². The summed E-state index contributed by atoms with van der Waals surface area (Å²) in [5.74, 6) is 11.7. The number of rotatable bonds is 29. The van der Waals surface area contributed by atoms with Crippen LogP contribution in [-0.4, -0.2) is 69.2 Å². The molecule has 44 heavy (non-hydrogen) atoms. The largest absolute Gasteiger partial charge is 0.756 e. The van der Waals surface area contributed by atoms with Crippen molar-refractivity contribution in [2.75, 3.05) is 47.5 Å². The Morgan fingerprint density at radius 1 is 0.750 bits per heavy atom. The standard InChI is InChI=1S/C35H64NO7P/c1-5-6-7-8-9-10-11-12-13-14-15-16-17-18-19-20-21-22-23-24-25-26-27-28-29-35(38)43-34(32-37)33-42-44(39,40)41-31-30-36(2,3)4/h34,37H,5-19,24-33H2,1-4H3/t34-/m0/s1. The summed E-state index contributed by atoms with van der Waals surface area (Å²) in [6, 6.07) is 0. The minimum absolute atomic E-state index is 0.0214. The average molecular weight is 642 g/mol. The Kier molecular flexibility index (Phi) is 28.1. The number of hydrogen-bond donors (Lipinski definition) is 1. The second-order valence-electron chi connectivity index (χ2n) is 12.7. The van der Waals surface area contributed by atoms with Gasteiger partial charge in [-0.05, 0) is 31.1 Å². The van der Waals surface area contributed by atoms with E-state index in [-0.39, 0.29) is 13.0 Å². The lowest BCUT2D eigenvalue weighted by Crippen LogP contribution is -2.37. The number of aliphatic hydroxyl groups excluding tert-OH is 1. The number of esters is 1. The highest BCUT2D eigenvalue weighted by molar-refractivity contribution is 7.45. The molecule has 0 heterocycles. The van der Waals surface area contributed by atoms with Crippen LogP contribution in [0, 0.1) is 23.7 Å². The van der Waals surface area contributed by atoms with E-state index in [1.807, 2.05) is 21.1 Å². The van der Waals surface area contributed by atoms with Crippen LogP contribution in [0.5, 0.6) is 0 Å². The maximum atomic E-state index is 12.0. The molecule has 1 N–H and O–H groups in total. The number of unbranched alkanes of at least 4 members (excludes halogenated alkanes) is 18. The number of phosphoric acid groups is 1. The molecule has 0 aliphatic rings. The van der Waals surface area contributed by atoms with Crippen LogP contribution >= 0.6 is 7.82 Å². The van der Waals surface area contributed by atoms with Crippen LogP contribution in [-0.2, 0) is 23.1 Å². The van der Waals surface area contributed by atoms with Gasteiger partial charge in [0.1, 0.15) is 19.3 Å². The molecule has 0 fully saturated rings. The van der Waals surface area contributed by atoms with Gasteiger partial charge in [-0.2, -0.15) is 0 Å². The second kappa shape index (κ2) is 29.1. The SMILES string of the molecule is CCCCCCCCCCCCCCCCC#CC#CCCCCCCC(=O)O[C@@H](CO)COP(=O)([O-])OCC[N+](C)(C)C. The van der Waals surface area contributed by atoms with Gasteiger partial charge in [0.05, 0.1) is 34.4 Å². The maximum Gasteiger partial charge on any atom is 0.306 e. The van der Waals surface area contributed by atoms with Gasteiger partial charge in [-0.25, -0.2) is 0 Å². The lowest BCUT2D eigenvalue weighted by atomic mass is 10.0. The van der Waals surface area contributed by atoms with Gasteiger partial charge in [0.15, 0.2) is 0 Å². The summed E-state index contributed by atoms with van der Waals surface area (Å²) in [5, 5.41) is 9.40. The molecule has 0 aliphatic carbocycles. The first-order valence-electron chi connectivity index (χ1n) is 17.3. The molecule has 0 radical (unpaired) electrons. The van der Waals surface area contributed by atoms with Crippen LogP contribution in [0.25, 0.3) is 0 Å². The normalized spacial score (nSPS) is 13.3. The third-order valence-corrected chi connectivity index (χ3v) is 8.22. The Bertz CT molecular complexity index is 866. The third kappa shape index (κ3) is 32.0. The molecule has 8 nitrogen and oxygen atoms in total. The highest BCUT2D eigenvalue weighted by atomic mass is 31.2. The summed E-state index contributed by atoms with van der Waals surface area (Å²) < 4.78 is 27.1. The first kappa shape index (κ1) is 42.6. The van der Waals surface area contributed by atoms with Gasteiger partial charge >= 0.3 is 5.97 Å². The van der Waals surface area contributed by atoms with Crippen molar-refractivity contribution in [3.05, 3.63) is 0 Å². The number of phosphoric ester groups is 1. The lowest BCUT2D eigenvalue weighted by molar-refractivity contribution is -0.870. The van der Waals surface area contributed by atoms with Crippen LogP contribution in [0.4, 0.5) is 0 Å². The van der Waals surface area contributed by atoms with E-state index in [0.29, 0.717) is 17.4 Å². The second-order valence-corrected chi connectivity index (χ2v) is 14.2. The Morgan fingerprint density at radius 2 is 1.20 bits per heavy atom. The van der Waals surface area contributed by atoms with E-state index in [9.17, 15) is 19.4 Å². The Morgan fingerprint density at radius 3 is 1.66 bits per heavy atom. The number of carbonyl (C=O) groups excluding carboxylic acids is 1. The molecule has 256 valence electrons. The van der Waals surface area contributed by atoms with Crippen molar-refractivity contribution in [2.45, 2.75) is 148 Å². The first-order chi connectivity index (χ1) is 21.1. The van der Waals surface area contributed by atoms with E-state index in [2.05, 4.69) is 30.6 Å². The topological polar surface area (TPSA) is 105 Å². The van der Waals surface area contributed by atoms with Crippen molar-refractivity contribution < 1.29 is 37.6 Å². The lowest BCUT2D eigenvalue weighted by Gasteiger charge is -2.28. The zero-order chi connectivity index (χ0) is 32.8. The Labute approximate surface area is 270 Å². The average Bonchev–Trinajstić information content (AvgIpc) is 2.96. The summed E-state index contributed by atoms with van der Waals surface area (Å²) in [4.78, 5) is 23.9. The van der Waals surface area contributed by atoms with E-state index in [0.717, 1.165) is 38.5 Å². The molecule has 0 aromatic carbocycles. The van der Waals surface area contributed by atoms with Crippen LogP contribution < -0.4 is 4.89 Å². The van der Waals surface area contributed by atoms with Crippen LogP contribution in [0.1, 0.15) is 142 Å². The fourth-order valence-electron chi connectivity index (χ4n) is 4.46. The summed E-state index contributed by atoms with van der Waals surface area (Å²) in [6.07, 6.45) is 23.3. The number of aliphatic hydroxyl groups is 1. The highest BCUT2D eigenvalue weighted by Gasteiger charge is 2.19. The van der Waals surface area contributed by atoms with Crippen molar-refractivity contribution in [1.29, 1.82) is 0 Å². The summed E-state index contributed by atoms with van der Waals surface area (Å²) in [5.41, 5.74) is 0. The molecule has 0 saturated carbocycles. The monoisotopic (exact) mass is 641 g/mol. The maximum absolute atomic E-state index is 12.0. The molecular formula is C35H64NO7P. The van der Waals surface area contributed by atoms with Crippen molar-refractivity contribution in [3.8, 4) is 23.7 Å². The van der Waals surface area contributed by atoms with E-state index in [4.69, 9.17) is 13.8 Å². The quantitative estimate of drug-likeness (QED) is 0.0300. The van der Waals surface area contributed by atoms with Crippen molar-refractivity contribution in [1.82, 2.24) is 0 Å². The van der Waals surface area contributed by atoms with Crippen LogP contribution in [0.3, 0.4) is 0 Å². The van der Waals surface area contributed by atoms with Gasteiger partial charge in [-0.3, -0.25) is 9.36 Å². The van der Waals surface area contributed by atoms with Gasteiger partial charge in [-0.1, -0.05) is 115 Å². The van der Waals surface area contributed by atoms with Crippen LogP contribution in [0.2, 0.25) is 0 Å². The molecule has 0 amide bonds. The summed E-state index contributed by atoms with van der Waals surface area (Å²) in [7, 11) is 1.20. The third-order valence-electron chi connectivity index (χ3n) is 7.26. The molecule has 0 saturated heterocycles. The van der Waals surface area contributed by atoms with Gasteiger partial charge in [0, 0.05) is 19.3 Å². The number of ether oxygens (including phenoxy) is 1. The number of nitrogens with zero attached hydrogens (tertiary/aromatic N) is 1. The fourth-order valence-corrected chi connectivity index (χ4v) is 5.19. The predicted molar refractivity (Wildman–Crippen MR) is 178 cm³/mol. The summed E-state index contributed by atoms with van der Waals surface area (Å²) in [6.45, 7) is 1.72. The van der Waals surface area contributed by atoms with E-state index in [1.54, 1.807) is 0 Å². The molecule has 0 aliphatic heterocycles.